The van der Waals surface area contributed by atoms with Crippen molar-refractivity contribution in [3.63, 3.8) is 0 Å². The lowest BCUT2D eigenvalue weighted by atomic mass is 10.2. The minimum absolute atomic E-state index is 0.279. The molecule has 2 unspecified atom stereocenters. The molecule has 2 rings (SSSR count). The van der Waals surface area contributed by atoms with E-state index in [0.717, 1.165) is 25.1 Å². The molecule has 0 spiro atoms. The second kappa shape index (κ2) is 4.77. The second-order valence-corrected chi connectivity index (χ2v) is 4.06. The third-order valence-corrected chi connectivity index (χ3v) is 2.88. The van der Waals surface area contributed by atoms with Crippen LogP contribution in [-0.2, 0) is 4.74 Å². The average Bonchev–Trinajstić information content (AvgIpc) is 2.65. The zero-order valence-corrected chi connectivity index (χ0v) is 9.37. The summed E-state index contributed by atoms with van der Waals surface area (Å²) in [6, 6.07) is 2.26. The molecule has 1 heterocycles. The van der Waals surface area contributed by atoms with Gasteiger partial charge in [-0.1, -0.05) is 0 Å². The summed E-state index contributed by atoms with van der Waals surface area (Å²) < 4.78 is 5.30. The molecule has 1 saturated carbocycles. The number of ether oxygens (including phenoxy) is 1. The Kier molecular flexibility index (Phi) is 3.38. The third-order valence-electron chi connectivity index (χ3n) is 2.70. The summed E-state index contributed by atoms with van der Waals surface area (Å²) in [6.45, 7) is 0. The van der Waals surface area contributed by atoms with Gasteiger partial charge in [-0.05, 0) is 36.9 Å². The molecule has 0 saturated heterocycles. The largest absolute Gasteiger partial charge is 0.381 e. The normalized spacial score (nSPS) is 25.5. The number of nitrogens with one attached hydrogen (secondary N) is 1. The Balaban J connectivity index is 1.92. The van der Waals surface area contributed by atoms with Crippen LogP contribution in [0, 0.1) is 0 Å². The Morgan fingerprint density at radius 3 is 3.07 bits per heavy atom. The summed E-state index contributed by atoms with van der Waals surface area (Å²) in [6.07, 6.45) is 5.27. The zero-order chi connectivity index (χ0) is 10.7. The molecule has 1 aliphatic carbocycles. The van der Waals surface area contributed by atoms with Crippen molar-refractivity contribution in [3.05, 3.63) is 17.5 Å². The molecule has 0 aliphatic heterocycles. The first-order valence-corrected chi connectivity index (χ1v) is 5.43. The number of halogens is 1. The zero-order valence-electron chi connectivity index (χ0n) is 8.61. The van der Waals surface area contributed by atoms with Gasteiger partial charge >= 0.3 is 0 Å². The predicted molar refractivity (Wildman–Crippen MR) is 59.1 cm³/mol. The van der Waals surface area contributed by atoms with Crippen LogP contribution in [0.3, 0.4) is 0 Å². The highest BCUT2D eigenvalue weighted by atomic mass is 35.5. The molecule has 1 aromatic heterocycles. The molecule has 1 fully saturated rings. The maximum atomic E-state index is 5.70. The van der Waals surface area contributed by atoms with Crippen LogP contribution < -0.4 is 5.32 Å². The van der Waals surface area contributed by atoms with Gasteiger partial charge in [0.15, 0.2) is 0 Å². The molecule has 1 N–H and O–H groups in total. The van der Waals surface area contributed by atoms with Gasteiger partial charge in [-0.15, -0.1) is 0 Å². The lowest BCUT2D eigenvalue weighted by molar-refractivity contribution is 0.108. The molecule has 1 aromatic rings. The highest BCUT2D eigenvalue weighted by Gasteiger charge is 2.24. The van der Waals surface area contributed by atoms with Gasteiger partial charge in [-0.25, -0.2) is 9.97 Å². The van der Waals surface area contributed by atoms with E-state index >= 15 is 0 Å². The summed E-state index contributed by atoms with van der Waals surface area (Å²) in [5, 5.41) is 3.61. The van der Waals surface area contributed by atoms with Gasteiger partial charge in [0, 0.05) is 19.3 Å². The highest BCUT2D eigenvalue weighted by Crippen LogP contribution is 2.24. The van der Waals surface area contributed by atoms with Crippen molar-refractivity contribution in [1.29, 1.82) is 0 Å². The van der Waals surface area contributed by atoms with Gasteiger partial charge in [-0.2, -0.15) is 0 Å². The van der Waals surface area contributed by atoms with Crippen LogP contribution >= 0.6 is 11.6 Å². The summed E-state index contributed by atoms with van der Waals surface area (Å²) >= 11 is 5.70. The van der Waals surface area contributed by atoms with E-state index in [1.165, 1.54) is 0 Å². The number of hydrogen-bond donors (Lipinski definition) is 1. The van der Waals surface area contributed by atoms with Crippen LogP contribution in [0.1, 0.15) is 19.3 Å². The van der Waals surface area contributed by atoms with E-state index in [2.05, 4.69) is 15.3 Å². The lowest BCUT2D eigenvalue weighted by Gasteiger charge is -2.13. The van der Waals surface area contributed by atoms with Crippen molar-refractivity contribution >= 4 is 17.4 Å². The summed E-state index contributed by atoms with van der Waals surface area (Å²) in [5.74, 6) is 0.789. The van der Waals surface area contributed by atoms with Crippen LogP contribution in [0.5, 0.6) is 0 Å². The molecule has 15 heavy (non-hydrogen) atoms. The quantitative estimate of drug-likeness (QED) is 0.804. The average molecular weight is 228 g/mol. The fourth-order valence-corrected chi connectivity index (χ4v) is 2.06. The predicted octanol–water partition coefficient (Wildman–Crippen LogP) is 2.11. The first-order chi connectivity index (χ1) is 7.28. The number of methoxy groups -OCH3 is 1. The van der Waals surface area contributed by atoms with Crippen molar-refractivity contribution in [2.24, 2.45) is 0 Å². The van der Waals surface area contributed by atoms with E-state index in [1.807, 2.05) is 6.07 Å². The third kappa shape index (κ3) is 2.79. The monoisotopic (exact) mass is 227 g/mol. The summed E-state index contributed by atoms with van der Waals surface area (Å²) in [5.41, 5.74) is 0. The molecular weight excluding hydrogens is 214 g/mol. The second-order valence-electron chi connectivity index (χ2n) is 3.72. The maximum absolute atomic E-state index is 5.70. The van der Waals surface area contributed by atoms with Crippen LogP contribution in [-0.4, -0.2) is 29.2 Å². The number of anilines is 1. The number of hydrogen-bond acceptors (Lipinski definition) is 4. The van der Waals surface area contributed by atoms with E-state index in [-0.39, 0.29) is 5.28 Å². The SMILES string of the molecule is COC1CCC(Nc2ccnc(Cl)n2)C1. The van der Waals surface area contributed by atoms with E-state index in [1.54, 1.807) is 13.3 Å². The standard InChI is InChI=1S/C10H14ClN3O/c1-15-8-3-2-7(6-8)13-9-4-5-12-10(11)14-9/h4-5,7-8H,2-3,6H2,1H3,(H,12,13,14). The molecular formula is C10H14ClN3O. The molecule has 0 radical (unpaired) electrons. The fourth-order valence-electron chi connectivity index (χ4n) is 1.91. The Labute approximate surface area is 94.0 Å². The molecule has 2 atom stereocenters. The molecule has 0 aromatic carbocycles. The maximum Gasteiger partial charge on any atom is 0.224 e. The van der Waals surface area contributed by atoms with Crippen LogP contribution in [0.2, 0.25) is 5.28 Å². The minimum Gasteiger partial charge on any atom is -0.381 e. The molecule has 1 aliphatic rings. The number of rotatable bonds is 3. The highest BCUT2D eigenvalue weighted by molar-refractivity contribution is 6.28. The first kappa shape index (κ1) is 10.6. The molecule has 0 amide bonds. The Bertz CT molecular complexity index is 334. The minimum atomic E-state index is 0.279. The van der Waals surface area contributed by atoms with Gasteiger partial charge < -0.3 is 10.1 Å². The van der Waals surface area contributed by atoms with Crippen molar-refractivity contribution < 1.29 is 4.74 Å². The number of nitrogens with zero attached hydrogens (tertiary/aromatic N) is 2. The fraction of sp³-hybridized carbons (Fsp3) is 0.600. The smallest absolute Gasteiger partial charge is 0.224 e. The Morgan fingerprint density at radius 2 is 2.40 bits per heavy atom. The van der Waals surface area contributed by atoms with Crippen LogP contribution in [0.4, 0.5) is 5.82 Å². The summed E-state index contributed by atoms with van der Waals surface area (Å²) in [7, 11) is 1.76. The van der Waals surface area contributed by atoms with Gasteiger partial charge in [0.2, 0.25) is 5.28 Å². The van der Waals surface area contributed by atoms with Crippen molar-refractivity contribution in [1.82, 2.24) is 9.97 Å². The lowest BCUT2D eigenvalue weighted by Crippen LogP contribution is -2.18. The van der Waals surface area contributed by atoms with Crippen molar-refractivity contribution in [2.45, 2.75) is 31.4 Å². The Morgan fingerprint density at radius 1 is 1.53 bits per heavy atom. The van der Waals surface area contributed by atoms with Gasteiger partial charge in [0.25, 0.3) is 0 Å². The molecule has 82 valence electrons. The topological polar surface area (TPSA) is 47.0 Å². The van der Waals surface area contributed by atoms with E-state index in [9.17, 15) is 0 Å². The molecule has 0 bridgehead atoms. The Hall–Kier alpha value is -0.870. The van der Waals surface area contributed by atoms with Gasteiger partial charge in [0.05, 0.1) is 6.10 Å². The molecule has 4 nitrogen and oxygen atoms in total. The van der Waals surface area contributed by atoms with E-state index in [4.69, 9.17) is 16.3 Å². The van der Waals surface area contributed by atoms with Crippen molar-refractivity contribution in [2.75, 3.05) is 12.4 Å². The van der Waals surface area contributed by atoms with Crippen LogP contribution in [0.25, 0.3) is 0 Å². The first-order valence-electron chi connectivity index (χ1n) is 5.06. The number of aromatic nitrogens is 2. The van der Waals surface area contributed by atoms with Gasteiger partial charge in [0.1, 0.15) is 5.82 Å². The van der Waals surface area contributed by atoms with Gasteiger partial charge in [-0.3, -0.25) is 0 Å². The van der Waals surface area contributed by atoms with E-state index < -0.39 is 0 Å². The van der Waals surface area contributed by atoms with Crippen molar-refractivity contribution in [3.8, 4) is 0 Å². The summed E-state index contributed by atoms with van der Waals surface area (Å²) in [4.78, 5) is 7.93. The van der Waals surface area contributed by atoms with Crippen LogP contribution in [0.15, 0.2) is 12.3 Å². The van der Waals surface area contributed by atoms with E-state index in [0.29, 0.717) is 12.1 Å². The molecule has 5 heteroatoms.